The lowest BCUT2D eigenvalue weighted by atomic mass is 9.86. The summed E-state index contributed by atoms with van der Waals surface area (Å²) in [6.07, 6.45) is 4.87. The van der Waals surface area contributed by atoms with Gasteiger partial charge in [0.1, 0.15) is 5.82 Å². The second-order valence-electron chi connectivity index (χ2n) is 8.64. The van der Waals surface area contributed by atoms with E-state index in [0.29, 0.717) is 17.2 Å². The number of amides is 1. The number of halogens is 1. The van der Waals surface area contributed by atoms with E-state index in [0.717, 1.165) is 35.6 Å². The Bertz CT molecular complexity index is 952. The highest BCUT2D eigenvalue weighted by molar-refractivity contribution is 7.15. The Balaban J connectivity index is 1.60. The molecule has 4 N–H and O–H groups in total. The smallest absolute Gasteiger partial charge is 0.407 e. The van der Waals surface area contributed by atoms with E-state index in [9.17, 15) is 9.18 Å². The van der Waals surface area contributed by atoms with E-state index in [2.05, 4.69) is 20.6 Å². The molecule has 174 valence electrons. The van der Waals surface area contributed by atoms with Crippen LogP contribution in [0.4, 0.5) is 14.9 Å². The van der Waals surface area contributed by atoms with Crippen LogP contribution in [0.15, 0.2) is 29.4 Å². The van der Waals surface area contributed by atoms with Crippen molar-refractivity contribution >= 4 is 29.1 Å². The van der Waals surface area contributed by atoms with Crippen molar-refractivity contribution in [3.05, 3.63) is 35.2 Å². The van der Waals surface area contributed by atoms with Crippen LogP contribution in [0.3, 0.4) is 0 Å². The molecular formula is C23H32FN5O2S. The van der Waals surface area contributed by atoms with Crippen LogP contribution in [-0.4, -0.2) is 35.2 Å². The van der Waals surface area contributed by atoms with Gasteiger partial charge in [-0.25, -0.2) is 14.2 Å². The zero-order valence-corrected chi connectivity index (χ0v) is 19.8. The van der Waals surface area contributed by atoms with Crippen LogP contribution in [0.1, 0.15) is 64.3 Å². The van der Waals surface area contributed by atoms with E-state index in [1.807, 2.05) is 27.7 Å². The van der Waals surface area contributed by atoms with Crippen LogP contribution >= 0.6 is 11.3 Å². The number of ether oxygens (including phenoxy) is 1. The highest BCUT2D eigenvalue weighted by Gasteiger charge is 2.26. The molecule has 0 atom stereocenters. The number of nitrogens with zero attached hydrogens (tertiary/aromatic N) is 2. The molecule has 32 heavy (non-hydrogen) atoms. The van der Waals surface area contributed by atoms with Crippen LogP contribution < -0.4 is 16.4 Å². The fourth-order valence-electron chi connectivity index (χ4n) is 3.75. The molecule has 0 spiro atoms. The first-order chi connectivity index (χ1) is 15.2. The molecular weight excluding hydrogens is 429 g/mol. The van der Waals surface area contributed by atoms with Crippen LogP contribution in [0, 0.1) is 5.82 Å². The number of rotatable bonds is 6. The van der Waals surface area contributed by atoms with Gasteiger partial charge in [-0.15, -0.1) is 11.3 Å². The Morgan fingerprint density at radius 1 is 1.25 bits per heavy atom. The first kappa shape index (κ1) is 24.0. The number of aromatic nitrogens is 1. The molecule has 1 aromatic heterocycles. The van der Waals surface area contributed by atoms with E-state index < -0.39 is 0 Å². The molecule has 9 heteroatoms. The second-order valence-corrected chi connectivity index (χ2v) is 9.70. The number of aliphatic imine (C=N–C) groups is 1. The lowest BCUT2D eigenvalue weighted by Gasteiger charge is -2.28. The molecule has 1 amide bonds. The second kappa shape index (κ2) is 10.8. The van der Waals surface area contributed by atoms with Crippen molar-refractivity contribution in [2.24, 2.45) is 10.7 Å². The average molecular weight is 462 g/mol. The van der Waals surface area contributed by atoms with E-state index >= 15 is 0 Å². The van der Waals surface area contributed by atoms with Gasteiger partial charge in [0.2, 0.25) is 0 Å². The molecule has 2 aromatic rings. The maximum absolute atomic E-state index is 14.8. The van der Waals surface area contributed by atoms with E-state index in [4.69, 9.17) is 10.5 Å². The molecule has 1 heterocycles. The summed E-state index contributed by atoms with van der Waals surface area (Å²) in [4.78, 5) is 21.4. The summed E-state index contributed by atoms with van der Waals surface area (Å²) in [5.41, 5.74) is 6.90. The molecule has 3 rings (SSSR count). The summed E-state index contributed by atoms with van der Waals surface area (Å²) in [5, 5.41) is 6.86. The normalized spacial score (nSPS) is 19.3. The van der Waals surface area contributed by atoms with Gasteiger partial charge in [0, 0.05) is 35.4 Å². The monoisotopic (exact) mass is 461 g/mol. The van der Waals surface area contributed by atoms with Gasteiger partial charge in [-0.2, -0.15) is 0 Å². The van der Waals surface area contributed by atoms with Gasteiger partial charge in [-0.3, -0.25) is 4.99 Å². The number of hydrogen-bond acceptors (Lipinski definition) is 5. The molecule has 0 bridgehead atoms. The fourth-order valence-corrected chi connectivity index (χ4v) is 4.87. The first-order valence-electron chi connectivity index (χ1n) is 11.0. The van der Waals surface area contributed by atoms with E-state index in [1.54, 1.807) is 18.3 Å². The molecule has 0 radical (unpaired) electrons. The van der Waals surface area contributed by atoms with Crippen molar-refractivity contribution in [3.8, 4) is 10.4 Å². The topological polar surface area (TPSA) is 102 Å². The minimum atomic E-state index is -0.356. The van der Waals surface area contributed by atoms with Gasteiger partial charge in [0.05, 0.1) is 16.0 Å². The third-order valence-electron chi connectivity index (χ3n) is 5.17. The van der Waals surface area contributed by atoms with Crippen molar-refractivity contribution in [2.45, 2.75) is 77.5 Å². The Morgan fingerprint density at radius 2 is 1.97 bits per heavy atom. The van der Waals surface area contributed by atoms with E-state index in [1.165, 1.54) is 17.4 Å². The maximum Gasteiger partial charge on any atom is 0.407 e. The van der Waals surface area contributed by atoms with Gasteiger partial charge in [-0.05, 0) is 71.6 Å². The predicted molar refractivity (Wildman–Crippen MR) is 128 cm³/mol. The quantitative estimate of drug-likeness (QED) is 0.403. The van der Waals surface area contributed by atoms with Gasteiger partial charge < -0.3 is 21.1 Å². The number of nitrogens with two attached hydrogens (primary N) is 1. The van der Waals surface area contributed by atoms with Crippen molar-refractivity contribution < 1.29 is 13.9 Å². The lowest BCUT2D eigenvalue weighted by molar-refractivity contribution is 0.109. The highest BCUT2D eigenvalue weighted by atomic mass is 32.1. The number of benzene rings is 1. The van der Waals surface area contributed by atoms with Gasteiger partial charge >= 0.3 is 6.09 Å². The Morgan fingerprint density at radius 3 is 2.59 bits per heavy atom. The zero-order chi connectivity index (χ0) is 23.3. The summed E-state index contributed by atoms with van der Waals surface area (Å²) < 4.78 is 19.9. The first-order valence-corrected chi connectivity index (χ1v) is 11.9. The van der Waals surface area contributed by atoms with Crippen molar-refractivity contribution in [1.82, 2.24) is 10.3 Å². The van der Waals surface area contributed by atoms with Gasteiger partial charge in [-0.1, -0.05) is 0 Å². The SMILES string of the molecule is CC(C)N=C(N)Nc1ccc(-c2cnc(C3CCC(NC(=O)OC(C)C)CC3)s2)c(F)c1. The van der Waals surface area contributed by atoms with E-state index in [-0.39, 0.29) is 36.1 Å². The number of alkyl carbamates (subject to hydrolysis) is 1. The zero-order valence-electron chi connectivity index (χ0n) is 19.0. The van der Waals surface area contributed by atoms with Crippen molar-refractivity contribution in [1.29, 1.82) is 0 Å². The summed E-state index contributed by atoms with van der Waals surface area (Å²) in [6.45, 7) is 7.51. The maximum atomic E-state index is 14.8. The van der Waals surface area contributed by atoms with Gasteiger partial charge in [0.25, 0.3) is 0 Å². The summed E-state index contributed by atoms with van der Waals surface area (Å²) in [6, 6.07) is 5.12. The van der Waals surface area contributed by atoms with Crippen LogP contribution in [0.25, 0.3) is 10.4 Å². The summed E-state index contributed by atoms with van der Waals surface area (Å²) in [5.74, 6) is 0.248. The Kier molecular flexibility index (Phi) is 8.06. The molecule has 1 aliphatic carbocycles. The number of nitrogens with one attached hydrogen (secondary N) is 2. The Labute approximate surface area is 192 Å². The Hall–Kier alpha value is -2.68. The van der Waals surface area contributed by atoms with Crippen LogP contribution in [0.2, 0.25) is 0 Å². The van der Waals surface area contributed by atoms with Gasteiger partial charge in [0.15, 0.2) is 5.96 Å². The minimum Gasteiger partial charge on any atom is -0.447 e. The number of guanidine groups is 1. The average Bonchev–Trinajstić information content (AvgIpc) is 3.17. The number of carbonyl (C=O) groups excluding carboxylic acids is 1. The standard InChI is InChI=1S/C23H32FN5O2S/c1-13(2)27-22(25)28-17-9-10-18(19(24)11-17)20-12-26-21(32-20)15-5-7-16(8-6-15)29-23(30)31-14(3)4/h9-16H,5-8H2,1-4H3,(H,29,30)(H3,25,27,28). The molecule has 1 aliphatic rings. The molecule has 7 nitrogen and oxygen atoms in total. The molecule has 0 aliphatic heterocycles. The fraction of sp³-hybridized carbons (Fsp3) is 0.522. The highest BCUT2D eigenvalue weighted by Crippen LogP contribution is 2.38. The minimum absolute atomic E-state index is 0.0574. The number of carbonyl (C=O) groups is 1. The van der Waals surface area contributed by atoms with Crippen molar-refractivity contribution in [3.63, 3.8) is 0 Å². The molecule has 1 fully saturated rings. The van der Waals surface area contributed by atoms with Crippen molar-refractivity contribution in [2.75, 3.05) is 5.32 Å². The number of thiazole rings is 1. The molecule has 0 saturated heterocycles. The predicted octanol–water partition coefficient (Wildman–Crippen LogP) is 5.25. The van der Waals surface area contributed by atoms with Crippen LogP contribution in [-0.2, 0) is 4.74 Å². The molecule has 1 saturated carbocycles. The largest absolute Gasteiger partial charge is 0.447 e. The number of anilines is 1. The summed E-state index contributed by atoms with van der Waals surface area (Å²) >= 11 is 1.53. The lowest BCUT2D eigenvalue weighted by Crippen LogP contribution is -2.38. The molecule has 0 unspecified atom stereocenters. The number of hydrogen-bond donors (Lipinski definition) is 3. The summed E-state index contributed by atoms with van der Waals surface area (Å²) in [7, 11) is 0. The third kappa shape index (κ3) is 6.66. The van der Waals surface area contributed by atoms with Crippen LogP contribution in [0.5, 0.6) is 0 Å². The third-order valence-corrected chi connectivity index (χ3v) is 6.36. The molecule has 1 aromatic carbocycles.